The molecule has 0 spiro atoms. The number of hydrogen-bond donors (Lipinski definition) is 2. The van der Waals surface area contributed by atoms with Crippen molar-refractivity contribution in [1.29, 1.82) is 0 Å². The molecule has 0 aliphatic rings. The number of rotatable bonds is 2. The molecule has 0 fully saturated rings. The first-order chi connectivity index (χ1) is 6.39. The Hall–Kier alpha value is 1.13. The second-order valence-corrected chi connectivity index (χ2v) is 4.26. The van der Waals surface area contributed by atoms with E-state index in [4.69, 9.17) is 21.4 Å². The first-order valence-corrected chi connectivity index (χ1v) is 5.42. The first kappa shape index (κ1) is 19.5. The maximum atomic E-state index is 10.7. The van der Waals surface area contributed by atoms with Crippen molar-refractivity contribution in [3.63, 3.8) is 0 Å². The molecule has 0 amide bonds. The Bertz CT molecular complexity index is 390. The number of benzene rings is 1. The van der Waals surface area contributed by atoms with Gasteiger partial charge < -0.3 is 14.5 Å². The van der Waals surface area contributed by atoms with Crippen LogP contribution in [0.1, 0.15) is 0 Å². The SMILES string of the molecule is O=C(Oc1ccc(Cl)cc1)P(=O)(O)O.[Na].[Na]. The van der Waals surface area contributed by atoms with Crippen LogP contribution >= 0.6 is 19.2 Å². The fourth-order valence-electron chi connectivity index (χ4n) is 0.663. The fourth-order valence-corrected chi connectivity index (χ4v) is 1.01. The molecule has 0 saturated carbocycles. The van der Waals surface area contributed by atoms with Gasteiger partial charge in [0.15, 0.2) is 0 Å². The Morgan fingerprint density at radius 2 is 1.62 bits per heavy atom. The number of hydrogen-bond acceptors (Lipinski definition) is 3. The second kappa shape index (κ2) is 8.27. The van der Waals surface area contributed by atoms with Gasteiger partial charge in [-0.25, -0.2) is 9.36 Å². The average Bonchev–Trinajstić information content (AvgIpc) is 2.07. The summed E-state index contributed by atoms with van der Waals surface area (Å²) >= 11 is 5.54. The summed E-state index contributed by atoms with van der Waals surface area (Å²) in [5, 5.41) is 0.431. The Balaban J connectivity index is 0. The van der Waals surface area contributed by atoms with Crippen molar-refractivity contribution in [2.75, 3.05) is 0 Å². The van der Waals surface area contributed by atoms with Crippen molar-refractivity contribution in [2.24, 2.45) is 0 Å². The van der Waals surface area contributed by atoms with Crippen LogP contribution in [0.4, 0.5) is 4.79 Å². The maximum Gasteiger partial charge on any atom is 0.433 e. The summed E-state index contributed by atoms with van der Waals surface area (Å²) in [5.74, 6) is 0.0303. The summed E-state index contributed by atoms with van der Waals surface area (Å²) in [6.45, 7) is 0. The van der Waals surface area contributed by atoms with E-state index < -0.39 is 13.3 Å². The Kier molecular flexibility index (Phi) is 10.1. The Labute approximate surface area is 141 Å². The van der Waals surface area contributed by atoms with Crippen LogP contribution in [0.3, 0.4) is 0 Å². The van der Waals surface area contributed by atoms with Crippen LogP contribution < -0.4 is 4.74 Å². The van der Waals surface area contributed by atoms with E-state index in [9.17, 15) is 9.36 Å². The van der Waals surface area contributed by atoms with E-state index in [0.29, 0.717) is 5.02 Å². The molecule has 0 heterocycles. The molecule has 0 aliphatic carbocycles. The molecule has 5 nitrogen and oxygen atoms in total. The molecule has 16 heavy (non-hydrogen) atoms. The van der Waals surface area contributed by atoms with Crippen LogP contribution in [-0.4, -0.2) is 74.6 Å². The van der Waals surface area contributed by atoms with Gasteiger partial charge in [0.05, 0.1) is 0 Å². The van der Waals surface area contributed by atoms with Crippen molar-refractivity contribution < 1.29 is 23.9 Å². The molecule has 78 valence electrons. The minimum atomic E-state index is -4.83. The third-order valence-electron chi connectivity index (χ3n) is 1.26. The van der Waals surface area contributed by atoms with Crippen LogP contribution in [0, 0.1) is 0 Å². The van der Waals surface area contributed by atoms with Gasteiger partial charge in [0, 0.05) is 64.1 Å². The molecule has 0 unspecified atom stereocenters. The van der Waals surface area contributed by atoms with Gasteiger partial charge in [-0.2, -0.15) is 0 Å². The van der Waals surface area contributed by atoms with Gasteiger partial charge in [0.2, 0.25) is 0 Å². The molecule has 0 saturated heterocycles. The molecular weight excluding hydrogens is 276 g/mol. The summed E-state index contributed by atoms with van der Waals surface area (Å²) in [4.78, 5) is 27.5. The average molecular weight is 283 g/mol. The monoisotopic (exact) mass is 282 g/mol. The first-order valence-electron chi connectivity index (χ1n) is 3.43. The zero-order valence-electron chi connectivity index (χ0n) is 8.75. The third-order valence-corrected chi connectivity index (χ3v) is 2.08. The summed E-state index contributed by atoms with van der Waals surface area (Å²) in [7, 11) is -4.83. The Morgan fingerprint density at radius 1 is 1.19 bits per heavy atom. The predicted molar refractivity (Wildman–Crippen MR) is 61.0 cm³/mol. The normalized spacial score (nSPS) is 9.69. The van der Waals surface area contributed by atoms with Crippen LogP contribution in [0.2, 0.25) is 5.02 Å². The minimum Gasteiger partial charge on any atom is -0.417 e. The molecule has 1 aromatic carbocycles. The van der Waals surface area contributed by atoms with E-state index >= 15 is 0 Å². The maximum absolute atomic E-state index is 10.7. The van der Waals surface area contributed by atoms with Gasteiger partial charge in [-0.05, 0) is 24.3 Å². The zero-order chi connectivity index (χ0) is 10.8. The van der Waals surface area contributed by atoms with Crippen LogP contribution in [0.25, 0.3) is 0 Å². The second-order valence-electron chi connectivity index (χ2n) is 2.37. The number of halogens is 1. The van der Waals surface area contributed by atoms with Crippen molar-refractivity contribution >= 4 is 84.0 Å². The minimum absolute atomic E-state index is 0. The van der Waals surface area contributed by atoms with Gasteiger partial charge in [0.25, 0.3) is 0 Å². The number of carbonyl (C=O) groups excluding carboxylic acids is 1. The quantitative estimate of drug-likeness (QED) is 0.630. The van der Waals surface area contributed by atoms with Gasteiger partial charge in [-0.3, -0.25) is 0 Å². The predicted octanol–water partition coefficient (Wildman–Crippen LogP) is 1.25. The van der Waals surface area contributed by atoms with Gasteiger partial charge in [0.1, 0.15) is 5.75 Å². The molecule has 1 rings (SSSR count). The van der Waals surface area contributed by atoms with E-state index in [1.54, 1.807) is 0 Å². The van der Waals surface area contributed by atoms with Gasteiger partial charge >= 0.3 is 13.3 Å². The molecule has 2 N–H and O–H groups in total. The summed E-state index contributed by atoms with van der Waals surface area (Å²) in [6.07, 6.45) is 0. The summed E-state index contributed by atoms with van der Waals surface area (Å²) in [6, 6.07) is 5.53. The third kappa shape index (κ3) is 6.77. The van der Waals surface area contributed by atoms with Crippen molar-refractivity contribution in [3.05, 3.63) is 29.3 Å². The van der Waals surface area contributed by atoms with Gasteiger partial charge in [-0.1, -0.05) is 11.6 Å². The van der Waals surface area contributed by atoms with Crippen LogP contribution in [0.15, 0.2) is 24.3 Å². The van der Waals surface area contributed by atoms with E-state index in [-0.39, 0.29) is 64.9 Å². The van der Waals surface area contributed by atoms with Crippen molar-refractivity contribution in [1.82, 2.24) is 0 Å². The van der Waals surface area contributed by atoms with E-state index in [2.05, 4.69) is 4.74 Å². The number of ether oxygens (including phenoxy) is 1. The molecular formula is C7H6ClNa2O5P. The van der Waals surface area contributed by atoms with E-state index in [0.717, 1.165) is 0 Å². The summed E-state index contributed by atoms with van der Waals surface area (Å²) in [5.41, 5.74) is -1.58. The molecule has 0 aromatic heterocycles. The zero-order valence-corrected chi connectivity index (χ0v) is 14.4. The van der Waals surface area contributed by atoms with Crippen LogP contribution in [0.5, 0.6) is 5.75 Å². The van der Waals surface area contributed by atoms with Crippen molar-refractivity contribution in [3.8, 4) is 5.75 Å². The molecule has 1 aromatic rings. The van der Waals surface area contributed by atoms with Crippen LogP contribution in [-0.2, 0) is 4.57 Å². The van der Waals surface area contributed by atoms with Crippen molar-refractivity contribution in [2.45, 2.75) is 0 Å². The molecule has 0 atom stereocenters. The van der Waals surface area contributed by atoms with E-state index in [1.165, 1.54) is 24.3 Å². The standard InChI is InChI=1S/C7H6ClO5P.2Na/c8-5-1-3-6(4-2-5)13-7(9)14(10,11)12;;/h1-4H,(H2,10,11,12);;. The molecule has 0 bridgehead atoms. The number of carbonyl (C=O) groups is 1. The largest absolute Gasteiger partial charge is 0.433 e. The summed E-state index contributed by atoms with van der Waals surface area (Å²) < 4.78 is 14.8. The molecule has 0 aliphatic heterocycles. The smallest absolute Gasteiger partial charge is 0.417 e. The molecule has 9 heteroatoms. The fraction of sp³-hybridized carbons (Fsp3) is 0. The van der Waals surface area contributed by atoms with Gasteiger partial charge in [-0.15, -0.1) is 0 Å². The Morgan fingerprint density at radius 3 is 2.00 bits per heavy atom. The van der Waals surface area contributed by atoms with E-state index in [1.807, 2.05) is 0 Å². The topological polar surface area (TPSA) is 83.8 Å². The molecule has 2 radical (unpaired) electrons.